The van der Waals surface area contributed by atoms with Gasteiger partial charge in [-0.25, -0.2) is 4.99 Å². The van der Waals surface area contributed by atoms with Crippen molar-refractivity contribution in [2.75, 3.05) is 0 Å². The fourth-order valence-corrected chi connectivity index (χ4v) is 6.23. The SMILES string of the molecule is CCn1c(=O)/c(=c2/[nH]c3cccc4cccc2c43)s/c1=C\C1=Nc2cccc3cccc1c23. The molecular formula is C28H19N3OS. The molecule has 4 nitrogen and oxygen atoms in total. The Balaban J connectivity index is 1.56. The maximum atomic E-state index is 13.5. The van der Waals surface area contributed by atoms with E-state index in [-0.39, 0.29) is 5.56 Å². The molecule has 5 heteroatoms. The topological polar surface area (TPSA) is 50.1 Å². The van der Waals surface area contributed by atoms with E-state index in [4.69, 9.17) is 4.99 Å². The Labute approximate surface area is 192 Å². The van der Waals surface area contributed by atoms with Crippen LogP contribution in [-0.4, -0.2) is 15.3 Å². The molecule has 158 valence electrons. The summed E-state index contributed by atoms with van der Waals surface area (Å²) >= 11 is 1.53. The van der Waals surface area contributed by atoms with Gasteiger partial charge >= 0.3 is 0 Å². The van der Waals surface area contributed by atoms with Gasteiger partial charge < -0.3 is 4.98 Å². The van der Waals surface area contributed by atoms with Gasteiger partial charge in [-0.1, -0.05) is 60.7 Å². The molecule has 1 aliphatic rings. The van der Waals surface area contributed by atoms with E-state index in [2.05, 4.69) is 71.7 Å². The summed E-state index contributed by atoms with van der Waals surface area (Å²) in [6, 6.07) is 25.0. The van der Waals surface area contributed by atoms with Gasteiger partial charge in [0.2, 0.25) is 0 Å². The summed E-state index contributed by atoms with van der Waals surface area (Å²) in [6.45, 7) is 2.62. The summed E-state index contributed by atoms with van der Waals surface area (Å²) in [5, 5.41) is 6.72. The molecule has 0 bridgehead atoms. The van der Waals surface area contributed by atoms with Crippen LogP contribution in [-0.2, 0) is 6.54 Å². The highest BCUT2D eigenvalue weighted by molar-refractivity contribution is 7.07. The minimum atomic E-state index is 0.0374. The van der Waals surface area contributed by atoms with E-state index >= 15 is 0 Å². The van der Waals surface area contributed by atoms with Crippen molar-refractivity contribution in [2.24, 2.45) is 4.99 Å². The predicted molar refractivity (Wildman–Crippen MR) is 138 cm³/mol. The number of aromatic nitrogens is 2. The zero-order chi connectivity index (χ0) is 22.1. The molecule has 0 unspecified atom stereocenters. The molecule has 6 aromatic rings. The van der Waals surface area contributed by atoms with Gasteiger partial charge in [-0.2, -0.15) is 0 Å². The molecule has 7 rings (SSSR count). The minimum absolute atomic E-state index is 0.0374. The van der Waals surface area contributed by atoms with Crippen LogP contribution in [0.3, 0.4) is 0 Å². The first kappa shape index (κ1) is 18.6. The summed E-state index contributed by atoms with van der Waals surface area (Å²) in [5.74, 6) is 0. The lowest BCUT2D eigenvalue weighted by atomic mass is 10.0. The van der Waals surface area contributed by atoms with Crippen molar-refractivity contribution in [3.63, 3.8) is 0 Å². The third-order valence-corrected chi connectivity index (χ3v) is 7.68. The molecule has 0 fully saturated rings. The summed E-state index contributed by atoms with van der Waals surface area (Å²) in [7, 11) is 0. The number of H-pyrrole nitrogens is 1. The van der Waals surface area contributed by atoms with E-state index in [1.807, 2.05) is 23.6 Å². The average molecular weight is 446 g/mol. The Kier molecular flexibility index (Phi) is 3.81. The van der Waals surface area contributed by atoms with E-state index in [0.29, 0.717) is 6.54 Å². The number of thiazole rings is 1. The second-order valence-electron chi connectivity index (χ2n) is 8.35. The minimum Gasteiger partial charge on any atom is -0.353 e. The molecule has 33 heavy (non-hydrogen) atoms. The van der Waals surface area contributed by atoms with Crippen LogP contribution in [0, 0.1) is 9.88 Å². The Morgan fingerprint density at radius 2 is 1.67 bits per heavy atom. The summed E-state index contributed by atoms with van der Waals surface area (Å²) in [4.78, 5) is 21.9. The van der Waals surface area contributed by atoms with Crippen molar-refractivity contribution in [1.82, 2.24) is 9.55 Å². The van der Waals surface area contributed by atoms with Gasteiger partial charge in [0.1, 0.15) is 9.20 Å². The number of nitrogens with one attached hydrogen (secondary N) is 1. The molecule has 0 spiro atoms. The van der Waals surface area contributed by atoms with Gasteiger partial charge in [-0.15, -0.1) is 11.3 Å². The number of rotatable bonds is 2. The molecule has 2 aromatic heterocycles. The normalized spacial score (nSPS) is 14.7. The quantitative estimate of drug-likeness (QED) is 0.369. The van der Waals surface area contributed by atoms with E-state index in [1.54, 1.807) is 0 Å². The van der Waals surface area contributed by atoms with Crippen LogP contribution in [0.25, 0.3) is 38.5 Å². The molecule has 0 amide bonds. The lowest BCUT2D eigenvalue weighted by Crippen LogP contribution is -2.25. The second kappa shape index (κ2) is 6.77. The average Bonchev–Trinajstić information content (AvgIpc) is 3.49. The van der Waals surface area contributed by atoms with Crippen molar-refractivity contribution in [1.29, 1.82) is 0 Å². The van der Waals surface area contributed by atoms with Crippen molar-refractivity contribution in [2.45, 2.75) is 13.5 Å². The van der Waals surface area contributed by atoms with Gasteiger partial charge in [0.05, 0.1) is 16.7 Å². The largest absolute Gasteiger partial charge is 0.353 e. The molecule has 1 aliphatic heterocycles. The van der Waals surface area contributed by atoms with Gasteiger partial charge in [0.15, 0.2) is 0 Å². The van der Waals surface area contributed by atoms with Crippen LogP contribution in [0.1, 0.15) is 12.5 Å². The maximum Gasteiger partial charge on any atom is 0.271 e. The first-order valence-corrected chi connectivity index (χ1v) is 11.9. The van der Waals surface area contributed by atoms with Crippen LogP contribution in [0.15, 0.2) is 82.6 Å². The summed E-state index contributed by atoms with van der Waals surface area (Å²) < 4.78 is 3.50. The first-order valence-electron chi connectivity index (χ1n) is 11.1. The van der Waals surface area contributed by atoms with Gasteiger partial charge in [-0.05, 0) is 35.9 Å². The van der Waals surface area contributed by atoms with E-state index in [0.717, 1.165) is 42.4 Å². The third kappa shape index (κ3) is 2.57. The number of aliphatic imine (C=N–C) groups is 1. The zero-order valence-corrected chi connectivity index (χ0v) is 18.7. The second-order valence-corrected chi connectivity index (χ2v) is 9.38. The molecule has 0 aliphatic carbocycles. The molecule has 0 atom stereocenters. The third-order valence-electron chi connectivity index (χ3n) is 6.55. The molecule has 0 saturated heterocycles. The Morgan fingerprint density at radius 1 is 0.939 bits per heavy atom. The van der Waals surface area contributed by atoms with E-state index in [1.165, 1.54) is 32.9 Å². The zero-order valence-electron chi connectivity index (χ0n) is 17.9. The molecule has 0 saturated carbocycles. The lowest BCUT2D eigenvalue weighted by Gasteiger charge is -2.00. The van der Waals surface area contributed by atoms with Gasteiger partial charge in [0, 0.05) is 33.8 Å². The van der Waals surface area contributed by atoms with Crippen LogP contribution in [0.5, 0.6) is 0 Å². The number of nitrogens with zero attached hydrogens (tertiary/aromatic N) is 2. The highest BCUT2D eigenvalue weighted by Gasteiger charge is 2.17. The van der Waals surface area contributed by atoms with Crippen molar-refractivity contribution < 1.29 is 0 Å². The summed E-state index contributed by atoms with van der Waals surface area (Å²) in [6.07, 6.45) is 2.07. The Bertz CT molecular complexity index is 1980. The van der Waals surface area contributed by atoms with Crippen LogP contribution < -0.4 is 10.2 Å². The molecule has 3 heterocycles. The Hall–Kier alpha value is -3.96. The highest BCUT2D eigenvalue weighted by Crippen LogP contribution is 2.35. The highest BCUT2D eigenvalue weighted by atomic mass is 32.1. The standard InChI is InChI=1S/C28H19N3OS/c1-2-31-23(15-22-18-11-3-7-16-9-5-13-20(29-22)24(16)18)33-27(28(31)32)26-19-12-4-8-17-10-6-14-21(30-26)25(17)19/h3-15,30H,2H2,1H3/b23-15-,27-26-. The van der Waals surface area contributed by atoms with Crippen molar-refractivity contribution in [3.8, 4) is 0 Å². The lowest BCUT2D eigenvalue weighted by molar-refractivity contribution is 0.723. The van der Waals surface area contributed by atoms with Crippen molar-refractivity contribution in [3.05, 3.63) is 103 Å². The smallest absolute Gasteiger partial charge is 0.271 e. The van der Waals surface area contributed by atoms with Crippen LogP contribution in [0.4, 0.5) is 5.69 Å². The number of hydrogen-bond donors (Lipinski definition) is 1. The molecule has 0 radical (unpaired) electrons. The van der Waals surface area contributed by atoms with Crippen LogP contribution >= 0.6 is 11.3 Å². The number of hydrogen-bond acceptors (Lipinski definition) is 3. The summed E-state index contributed by atoms with van der Waals surface area (Å²) in [5.41, 5.74) is 4.12. The molecular weight excluding hydrogens is 426 g/mol. The van der Waals surface area contributed by atoms with Gasteiger partial charge in [0.25, 0.3) is 5.56 Å². The monoisotopic (exact) mass is 445 g/mol. The number of benzene rings is 4. The van der Waals surface area contributed by atoms with E-state index < -0.39 is 0 Å². The maximum absolute atomic E-state index is 13.5. The van der Waals surface area contributed by atoms with Crippen molar-refractivity contribution >= 4 is 61.3 Å². The van der Waals surface area contributed by atoms with Gasteiger partial charge in [-0.3, -0.25) is 9.36 Å². The fraction of sp³-hybridized carbons (Fsp3) is 0.0714. The first-order chi connectivity index (χ1) is 16.2. The molecule has 4 aromatic carbocycles. The Morgan fingerprint density at radius 3 is 2.48 bits per heavy atom. The van der Waals surface area contributed by atoms with E-state index in [9.17, 15) is 4.79 Å². The van der Waals surface area contributed by atoms with Crippen LogP contribution in [0.2, 0.25) is 0 Å². The number of aromatic amines is 1. The predicted octanol–water partition coefficient (Wildman–Crippen LogP) is 5.64. The fourth-order valence-electron chi connectivity index (χ4n) is 5.07. The molecule has 1 N–H and O–H groups in total.